The quantitative estimate of drug-likeness (QED) is 0.431. The third kappa shape index (κ3) is 3.39. The van der Waals surface area contributed by atoms with Crippen LogP contribution in [0, 0.1) is 0 Å². The zero-order chi connectivity index (χ0) is 21.8. The average molecular weight is 431 g/mol. The van der Waals surface area contributed by atoms with Crippen LogP contribution in [0.5, 0.6) is 0 Å². The van der Waals surface area contributed by atoms with E-state index in [1.165, 1.54) is 18.4 Å². The van der Waals surface area contributed by atoms with E-state index in [-0.39, 0.29) is 11.9 Å². The first kappa shape index (κ1) is 19.0. The van der Waals surface area contributed by atoms with Gasteiger partial charge in [-0.15, -0.1) is 5.10 Å². The fourth-order valence-electron chi connectivity index (χ4n) is 4.03. The van der Waals surface area contributed by atoms with Gasteiger partial charge in [-0.1, -0.05) is 12.1 Å². The molecule has 2 heterocycles. The first-order valence-corrected chi connectivity index (χ1v) is 10.8. The molecule has 2 saturated carbocycles. The summed E-state index contributed by atoms with van der Waals surface area (Å²) in [5.74, 6) is 1.47. The molecule has 0 aliphatic heterocycles. The molecule has 2 aliphatic rings. The summed E-state index contributed by atoms with van der Waals surface area (Å²) in [5, 5.41) is 19.0. The number of anilines is 2. The van der Waals surface area contributed by atoms with Crippen molar-refractivity contribution in [3.63, 3.8) is 0 Å². The number of halogens is 1. The van der Waals surface area contributed by atoms with Crippen molar-refractivity contribution < 1.29 is 9.18 Å². The number of carbonyl (C=O) groups excluding carboxylic acids is 1. The minimum Gasteiger partial charge on any atom is -0.346 e. The van der Waals surface area contributed by atoms with Gasteiger partial charge in [-0.2, -0.15) is 10.1 Å². The second kappa shape index (κ2) is 7.15. The Morgan fingerprint density at radius 3 is 2.69 bits per heavy atom. The molecule has 32 heavy (non-hydrogen) atoms. The Kier molecular flexibility index (Phi) is 4.24. The van der Waals surface area contributed by atoms with E-state index < -0.39 is 6.17 Å². The highest BCUT2D eigenvalue weighted by molar-refractivity contribution is 5.95. The van der Waals surface area contributed by atoms with Crippen molar-refractivity contribution in [2.45, 2.75) is 37.4 Å². The predicted molar refractivity (Wildman–Crippen MR) is 119 cm³/mol. The highest BCUT2D eigenvalue weighted by atomic mass is 19.1. The van der Waals surface area contributed by atoms with Crippen LogP contribution in [0.25, 0.3) is 22.3 Å². The summed E-state index contributed by atoms with van der Waals surface area (Å²) in [6.07, 6.45) is 3.71. The van der Waals surface area contributed by atoms with Crippen LogP contribution in [0.15, 0.2) is 42.6 Å². The van der Waals surface area contributed by atoms with E-state index in [9.17, 15) is 9.18 Å². The molecule has 0 unspecified atom stereocenters. The number of aromatic nitrogens is 5. The molecule has 2 aromatic heterocycles. The Hall–Kier alpha value is -3.75. The number of nitrogens with zero attached hydrogens (tertiary/aromatic N) is 4. The molecule has 2 aromatic carbocycles. The van der Waals surface area contributed by atoms with Gasteiger partial charge < -0.3 is 10.6 Å². The number of rotatable bonds is 6. The van der Waals surface area contributed by atoms with Crippen molar-refractivity contribution >= 4 is 28.4 Å². The Morgan fingerprint density at radius 1 is 1.19 bits per heavy atom. The van der Waals surface area contributed by atoms with E-state index in [0.29, 0.717) is 29.7 Å². The molecule has 2 atom stereocenters. The van der Waals surface area contributed by atoms with Gasteiger partial charge in [-0.05, 0) is 48.6 Å². The lowest BCUT2D eigenvalue weighted by atomic mass is 10.0. The van der Waals surface area contributed by atoms with Crippen LogP contribution in [-0.4, -0.2) is 43.1 Å². The summed E-state index contributed by atoms with van der Waals surface area (Å²) in [5.41, 5.74) is 4.60. The predicted octanol–water partition coefficient (Wildman–Crippen LogP) is 3.82. The lowest BCUT2D eigenvalue weighted by Crippen LogP contribution is -2.26. The topological polar surface area (TPSA) is 101 Å². The van der Waals surface area contributed by atoms with Crippen molar-refractivity contribution in [3.8, 4) is 11.4 Å². The highest BCUT2D eigenvalue weighted by Crippen LogP contribution is 2.47. The minimum absolute atomic E-state index is 0.264. The van der Waals surface area contributed by atoms with Crippen LogP contribution in [0.1, 0.15) is 41.1 Å². The number of aryl methyl sites for hydroxylation is 1. The fraction of sp³-hybridized carbons (Fsp3) is 0.304. The summed E-state index contributed by atoms with van der Waals surface area (Å²) < 4.78 is 14.7. The Labute approximate surface area is 183 Å². The van der Waals surface area contributed by atoms with Gasteiger partial charge in [0.25, 0.3) is 5.91 Å². The Morgan fingerprint density at radius 2 is 1.97 bits per heavy atom. The number of benzene rings is 2. The Bertz CT molecular complexity index is 1320. The smallest absolute Gasteiger partial charge is 0.251 e. The van der Waals surface area contributed by atoms with E-state index in [1.54, 1.807) is 28.9 Å². The first-order chi connectivity index (χ1) is 15.6. The van der Waals surface area contributed by atoms with Crippen LogP contribution >= 0.6 is 0 Å². The minimum atomic E-state index is -0.920. The van der Waals surface area contributed by atoms with Gasteiger partial charge in [0.15, 0.2) is 5.82 Å². The second-order valence-electron chi connectivity index (χ2n) is 8.55. The van der Waals surface area contributed by atoms with Gasteiger partial charge in [-0.3, -0.25) is 9.89 Å². The summed E-state index contributed by atoms with van der Waals surface area (Å²) in [6.45, 7) is 0. The van der Waals surface area contributed by atoms with E-state index in [0.717, 1.165) is 22.2 Å². The third-order valence-corrected chi connectivity index (χ3v) is 6.10. The first-order valence-electron chi connectivity index (χ1n) is 10.8. The number of aromatic amines is 1. The fourth-order valence-corrected chi connectivity index (χ4v) is 4.03. The molecule has 2 fully saturated rings. The molecule has 9 heteroatoms. The van der Waals surface area contributed by atoms with Gasteiger partial charge in [-0.25, -0.2) is 9.07 Å². The highest BCUT2D eigenvalue weighted by Gasteiger charge is 2.38. The summed E-state index contributed by atoms with van der Waals surface area (Å²) in [7, 11) is 1.84. The Balaban J connectivity index is 1.24. The number of hydrogen-bond donors (Lipinski definition) is 3. The van der Waals surface area contributed by atoms with Crippen molar-refractivity contribution in [2.75, 3.05) is 5.32 Å². The third-order valence-electron chi connectivity index (χ3n) is 6.10. The van der Waals surface area contributed by atoms with Crippen molar-refractivity contribution in [3.05, 3.63) is 53.7 Å². The maximum Gasteiger partial charge on any atom is 0.251 e. The molecule has 0 bridgehead atoms. The van der Waals surface area contributed by atoms with E-state index >= 15 is 0 Å². The SMILES string of the molecule is Cn1nc(-c2ccc(C(=O)N[C@H]3C[C@@H]3F)cc2)nc1Nc1ccc2[nH]ncc2c1C1CC1. The van der Waals surface area contributed by atoms with Crippen LogP contribution in [0.3, 0.4) is 0 Å². The lowest BCUT2D eigenvalue weighted by molar-refractivity contribution is 0.0947. The standard InChI is InChI=1S/C23H22FN7O/c1-31-23(27-18-9-8-17-15(11-25-29-17)20(18)12-2-3-12)28-21(30-31)13-4-6-14(7-5-13)22(32)26-19-10-16(19)24/h4-9,11-12,16,19H,2-3,10H2,1H3,(H,25,29)(H,26,32)(H,27,28,30)/t16-,19-/m0/s1. The van der Waals surface area contributed by atoms with Gasteiger partial charge in [0.2, 0.25) is 5.95 Å². The number of amides is 1. The van der Waals surface area contributed by atoms with Gasteiger partial charge in [0, 0.05) is 35.7 Å². The summed E-state index contributed by atoms with van der Waals surface area (Å²) in [4.78, 5) is 16.9. The van der Waals surface area contributed by atoms with Gasteiger partial charge in [0.1, 0.15) is 6.17 Å². The summed E-state index contributed by atoms with van der Waals surface area (Å²) >= 11 is 0. The van der Waals surface area contributed by atoms with Gasteiger partial charge >= 0.3 is 0 Å². The number of hydrogen-bond acceptors (Lipinski definition) is 5. The van der Waals surface area contributed by atoms with Crippen molar-refractivity contribution in [1.29, 1.82) is 0 Å². The number of nitrogens with one attached hydrogen (secondary N) is 3. The monoisotopic (exact) mass is 431 g/mol. The molecule has 0 spiro atoms. The van der Waals surface area contributed by atoms with Crippen LogP contribution in [-0.2, 0) is 7.05 Å². The summed E-state index contributed by atoms with van der Waals surface area (Å²) in [6, 6.07) is 10.8. The van der Waals surface area contributed by atoms with Crippen molar-refractivity contribution in [2.24, 2.45) is 7.05 Å². The van der Waals surface area contributed by atoms with Gasteiger partial charge in [0.05, 0.1) is 17.8 Å². The number of carbonyl (C=O) groups is 1. The molecular formula is C23H22FN7O. The van der Waals surface area contributed by atoms with E-state index in [4.69, 9.17) is 0 Å². The van der Waals surface area contributed by atoms with E-state index in [1.807, 2.05) is 19.3 Å². The largest absolute Gasteiger partial charge is 0.346 e. The molecule has 2 aliphatic carbocycles. The normalized spacial score (nSPS) is 19.8. The van der Waals surface area contributed by atoms with Crippen LogP contribution in [0.4, 0.5) is 16.0 Å². The lowest BCUT2D eigenvalue weighted by Gasteiger charge is -2.11. The molecule has 4 aromatic rings. The van der Waals surface area contributed by atoms with Crippen molar-refractivity contribution in [1.82, 2.24) is 30.3 Å². The maximum atomic E-state index is 13.0. The van der Waals surface area contributed by atoms with E-state index in [2.05, 4.69) is 37.0 Å². The molecule has 6 rings (SSSR count). The average Bonchev–Trinajstić information content (AvgIpc) is 3.66. The van der Waals surface area contributed by atoms with Crippen LogP contribution in [0.2, 0.25) is 0 Å². The molecule has 3 N–H and O–H groups in total. The molecule has 1 amide bonds. The molecule has 0 radical (unpaired) electrons. The zero-order valence-corrected chi connectivity index (χ0v) is 17.5. The molecule has 0 saturated heterocycles. The zero-order valence-electron chi connectivity index (χ0n) is 17.5. The number of fused-ring (bicyclic) bond motifs is 1. The molecular weight excluding hydrogens is 409 g/mol. The maximum absolute atomic E-state index is 13.0. The second-order valence-corrected chi connectivity index (χ2v) is 8.55. The molecule has 162 valence electrons. The number of alkyl halides is 1. The molecule has 8 nitrogen and oxygen atoms in total. The van der Waals surface area contributed by atoms with Crippen LogP contribution < -0.4 is 10.6 Å². The number of H-pyrrole nitrogens is 1.